The van der Waals surface area contributed by atoms with Gasteiger partial charge < -0.3 is 9.64 Å². The van der Waals surface area contributed by atoms with E-state index < -0.39 is 0 Å². The van der Waals surface area contributed by atoms with Crippen LogP contribution in [0.4, 0.5) is 17.1 Å². The Morgan fingerprint density at radius 3 is 2.00 bits per heavy atom. The summed E-state index contributed by atoms with van der Waals surface area (Å²) in [5.41, 5.74) is 2.95. The van der Waals surface area contributed by atoms with Crippen LogP contribution < -0.4 is 4.90 Å². The first kappa shape index (κ1) is 12.8. The molecule has 4 heteroatoms. The van der Waals surface area contributed by atoms with Crippen LogP contribution in [0, 0.1) is 0 Å². The summed E-state index contributed by atoms with van der Waals surface area (Å²) in [7, 11) is 0. The molecule has 1 aliphatic heterocycles. The van der Waals surface area contributed by atoms with Crippen molar-refractivity contribution in [2.75, 3.05) is 31.2 Å². The van der Waals surface area contributed by atoms with E-state index in [9.17, 15) is 0 Å². The first-order valence-corrected chi connectivity index (χ1v) is 6.81. The minimum absolute atomic E-state index is 0.801. The number of hydrogen-bond donors (Lipinski definition) is 0. The first-order chi connectivity index (χ1) is 9.92. The van der Waals surface area contributed by atoms with E-state index in [2.05, 4.69) is 27.3 Å². The second kappa shape index (κ2) is 6.30. The summed E-state index contributed by atoms with van der Waals surface area (Å²) in [6, 6.07) is 17.9. The van der Waals surface area contributed by atoms with Crippen molar-refractivity contribution in [2.24, 2.45) is 10.2 Å². The smallest absolute Gasteiger partial charge is 0.0858 e. The fourth-order valence-corrected chi connectivity index (χ4v) is 2.16. The molecule has 4 nitrogen and oxygen atoms in total. The lowest BCUT2D eigenvalue weighted by molar-refractivity contribution is 0.122. The number of benzene rings is 2. The zero-order chi connectivity index (χ0) is 13.6. The van der Waals surface area contributed by atoms with Crippen LogP contribution in [-0.4, -0.2) is 26.3 Å². The zero-order valence-electron chi connectivity index (χ0n) is 11.3. The maximum atomic E-state index is 5.36. The highest BCUT2D eigenvalue weighted by Gasteiger charge is 2.10. The summed E-state index contributed by atoms with van der Waals surface area (Å²) in [4.78, 5) is 2.32. The standard InChI is InChI=1S/C16H17N3O/c1-2-4-14(5-3-1)17-18-15-6-8-16(9-7-15)19-10-12-20-13-11-19/h1-9H,10-13H2/b18-17+. The van der Waals surface area contributed by atoms with Crippen LogP contribution in [-0.2, 0) is 4.74 Å². The van der Waals surface area contributed by atoms with Crippen molar-refractivity contribution < 1.29 is 4.74 Å². The lowest BCUT2D eigenvalue weighted by atomic mass is 10.2. The van der Waals surface area contributed by atoms with Gasteiger partial charge in [0.15, 0.2) is 0 Å². The molecule has 1 aliphatic rings. The monoisotopic (exact) mass is 267 g/mol. The molecule has 1 fully saturated rings. The maximum Gasteiger partial charge on any atom is 0.0858 e. The number of hydrogen-bond acceptors (Lipinski definition) is 4. The molecule has 1 saturated heterocycles. The predicted molar refractivity (Wildman–Crippen MR) is 80.1 cm³/mol. The van der Waals surface area contributed by atoms with Gasteiger partial charge in [0.25, 0.3) is 0 Å². The third-order valence-corrected chi connectivity index (χ3v) is 3.26. The van der Waals surface area contributed by atoms with Gasteiger partial charge in [0.2, 0.25) is 0 Å². The van der Waals surface area contributed by atoms with Gasteiger partial charge in [0.05, 0.1) is 24.6 Å². The summed E-state index contributed by atoms with van der Waals surface area (Å²) in [5.74, 6) is 0. The highest BCUT2D eigenvalue weighted by molar-refractivity contribution is 5.53. The molecule has 1 heterocycles. The average molecular weight is 267 g/mol. The molecule has 0 saturated carbocycles. The van der Waals surface area contributed by atoms with Gasteiger partial charge >= 0.3 is 0 Å². The van der Waals surface area contributed by atoms with Crippen LogP contribution in [0.1, 0.15) is 0 Å². The SMILES string of the molecule is c1ccc(/N=N/c2ccc(N3CCOCC3)cc2)cc1. The number of morpholine rings is 1. The van der Waals surface area contributed by atoms with E-state index in [1.165, 1.54) is 5.69 Å². The first-order valence-electron chi connectivity index (χ1n) is 6.81. The summed E-state index contributed by atoms with van der Waals surface area (Å²) < 4.78 is 5.36. The van der Waals surface area contributed by atoms with Crippen LogP contribution >= 0.6 is 0 Å². The van der Waals surface area contributed by atoms with Crippen molar-refractivity contribution in [1.82, 2.24) is 0 Å². The average Bonchev–Trinajstić information content (AvgIpc) is 2.55. The predicted octanol–water partition coefficient (Wildman–Crippen LogP) is 3.94. The molecule has 102 valence electrons. The molecule has 0 N–H and O–H groups in total. The maximum absolute atomic E-state index is 5.36. The van der Waals surface area contributed by atoms with Gasteiger partial charge in [0.1, 0.15) is 0 Å². The molecule has 0 aliphatic carbocycles. The van der Waals surface area contributed by atoms with Crippen LogP contribution in [0.5, 0.6) is 0 Å². The molecule has 0 spiro atoms. The molecule has 0 atom stereocenters. The number of nitrogens with zero attached hydrogens (tertiary/aromatic N) is 3. The highest BCUT2D eigenvalue weighted by Crippen LogP contribution is 2.22. The second-order valence-electron chi connectivity index (χ2n) is 4.65. The third-order valence-electron chi connectivity index (χ3n) is 3.26. The van der Waals surface area contributed by atoms with E-state index in [1.807, 2.05) is 42.5 Å². The molecule has 2 aromatic rings. The Morgan fingerprint density at radius 1 is 0.750 bits per heavy atom. The Hall–Kier alpha value is -2.20. The molecule has 3 rings (SSSR count). The summed E-state index contributed by atoms with van der Waals surface area (Å²) >= 11 is 0. The molecular weight excluding hydrogens is 250 g/mol. The van der Waals surface area contributed by atoms with Crippen molar-refractivity contribution >= 4 is 17.1 Å². The lowest BCUT2D eigenvalue weighted by Gasteiger charge is -2.28. The molecule has 0 radical (unpaired) electrons. The van der Waals surface area contributed by atoms with Crippen molar-refractivity contribution in [2.45, 2.75) is 0 Å². The number of rotatable bonds is 3. The molecule has 0 aromatic heterocycles. The fraction of sp³-hybridized carbons (Fsp3) is 0.250. The van der Waals surface area contributed by atoms with E-state index in [1.54, 1.807) is 0 Å². The highest BCUT2D eigenvalue weighted by atomic mass is 16.5. The Balaban J connectivity index is 1.68. The molecule has 0 unspecified atom stereocenters. The van der Waals surface area contributed by atoms with Crippen molar-refractivity contribution in [1.29, 1.82) is 0 Å². The summed E-state index contributed by atoms with van der Waals surface area (Å²) in [6.07, 6.45) is 0. The molecule has 0 amide bonds. The van der Waals surface area contributed by atoms with Gasteiger partial charge in [-0.05, 0) is 36.4 Å². The third kappa shape index (κ3) is 3.22. The minimum atomic E-state index is 0.801. The quantitative estimate of drug-likeness (QED) is 0.790. The normalized spacial score (nSPS) is 15.7. The lowest BCUT2D eigenvalue weighted by Crippen LogP contribution is -2.36. The largest absolute Gasteiger partial charge is 0.378 e. The van der Waals surface area contributed by atoms with Crippen molar-refractivity contribution in [3.8, 4) is 0 Å². The number of anilines is 1. The van der Waals surface area contributed by atoms with Crippen LogP contribution in [0.15, 0.2) is 64.8 Å². The van der Waals surface area contributed by atoms with Gasteiger partial charge in [-0.15, -0.1) is 0 Å². The van der Waals surface area contributed by atoms with Crippen LogP contribution in [0.3, 0.4) is 0 Å². The van der Waals surface area contributed by atoms with E-state index in [0.29, 0.717) is 0 Å². The van der Waals surface area contributed by atoms with Crippen molar-refractivity contribution in [3.63, 3.8) is 0 Å². The van der Waals surface area contributed by atoms with Crippen molar-refractivity contribution in [3.05, 3.63) is 54.6 Å². The number of ether oxygens (including phenoxy) is 1. The Morgan fingerprint density at radius 2 is 1.35 bits per heavy atom. The van der Waals surface area contributed by atoms with Gasteiger partial charge in [-0.25, -0.2) is 0 Å². The zero-order valence-corrected chi connectivity index (χ0v) is 11.3. The van der Waals surface area contributed by atoms with E-state index in [-0.39, 0.29) is 0 Å². The summed E-state index contributed by atoms with van der Waals surface area (Å²) in [5, 5.41) is 8.45. The van der Waals surface area contributed by atoms with Gasteiger partial charge in [-0.2, -0.15) is 10.2 Å². The van der Waals surface area contributed by atoms with E-state index >= 15 is 0 Å². The molecule has 20 heavy (non-hydrogen) atoms. The van der Waals surface area contributed by atoms with Gasteiger partial charge in [0, 0.05) is 18.8 Å². The Kier molecular flexibility index (Phi) is 4.04. The molecule has 2 aromatic carbocycles. The number of azo groups is 1. The van der Waals surface area contributed by atoms with E-state index in [4.69, 9.17) is 4.74 Å². The van der Waals surface area contributed by atoms with E-state index in [0.717, 1.165) is 37.7 Å². The minimum Gasteiger partial charge on any atom is -0.378 e. The molecule has 0 bridgehead atoms. The Labute approximate surface area is 118 Å². The Bertz CT molecular complexity index is 560. The van der Waals surface area contributed by atoms with Gasteiger partial charge in [-0.3, -0.25) is 0 Å². The molecular formula is C16H17N3O. The van der Waals surface area contributed by atoms with Crippen LogP contribution in [0.25, 0.3) is 0 Å². The fourth-order valence-electron chi connectivity index (χ4n) is 2.16. The summed E-state index contributed by atoms with van der Waals surface area (Å²) in [6.45, 7) is 3.50. The van der Waals surface area contributed by atoms with Crippen LogP contribution in [0.2, 0.25) is 0 Å². The van der Waals surface area contributed by atoms with Gasteiger partial charge in [-0.1, -0.05) is 18.2 Å². The topological polar surface area (TPSA) is 37.2 Å². The second-order valence-corrected chi connectivity index (χ2v) is 4.65.